The summed E-state index contributed by atoms with van der Waals surface area (Å²) in [4.78, 5) is 34.1. The molecule has 1 saturated heterocycles. The first kappa shape index (κ1) is 16.3. The van der Waals surface area contributed by atoms with Gasteiger partial charge in [0.25, 0.3) is 11.6 Å². The SMILES string of the molecule is O=C(COc1ccc([N+](=O)[O-])c2ccccc12)NC1CCSC1=O. The molecule has 2 aromatic carbocycles. The van der Waals surface area contributed by atoms with Crippen molar-refractivity contribution in [3.05, 3.63) is 46.5 Å². The van der Waals surface area contributed by atoms with Gasteiger partial charge in [0.05, 0.1) is 16.4 Å². The van der Waals surface area contributed by atoms with Crippen molar-refractivity contribution in [1.82, 2.24) is 5.32 Å². The molecule has 3 rings (SSSR count). The van der Waals surface area contributed by atoms with Crippen molar-refractivity contribution in [3.8, 4) is 5.75 Å². The number of benzene rings is 2. The van der Waals surface area contributed by atoms with Crippen molar-refractivity contribution in [3.63, 3.8) is 0 Å². The fourth-order valence-corrected chi connectivity index (χ4v) is 3.48. The Kier molecular flexibility index (Phi) is 4.66. The molecule has 8 heteroatoms. The minimum absolute atomic E-state index is 0.0176. The lowest BCUT2D eigenvalue weighted by Crippen LogP contribution is -2.39. The first-order valence-corrected chi connectivity index (χ1v) is 8.30. The summed E-state index contributed by atoms with van der Waals surface area (Å²) < 4.78 is 5.51. The van der Waals surface area contributed by atoms with Gasteiger partial charge in [0.2, 0.25) is 5.12 Å². The van der Waals surface area contributed by atoms with Crippen molar-refractivity contribution in [2.24, 2.45) is 0 Å². The van der Waals surface area contributed by atoms with Crippen LogP contribution in [0.4, 0.5) is 5.69 Å². The zero-order valence-corrected chi connectivity index (χ0v) is 13.4. The van der Waals surface area contributed by atoms with Crippen LogP contribution in [-0.4, -0.2) is 34.3 Å². The first-order chi connectivity index (χ1) is 11.6. The van der Waals surface area contributed by atoms with E-state index >= 15 is 0 Å². The van der Waals surface area contributed by atoms with Crippen LogP contribution in [0.3, 0.4) is 0 Å². The molecule has 1 amide bonds. The van der Waals surface area contributed by atoms with Crippen molar-refractivity contribution in [2.75, 3.05) is 12.4 Å². The fourth-order valence-electron chi connectivity index (χ4n) is 2.55. The summed E-state index contributed by atoms with van der Waals surface area (Å²) in [5, 5.41) is 14.7. The van der Waals surface area contributed by atoms with Gasteiger partial charge in [0.1, 0.15) is 5.75 Å². The standard InChI is InChI=1S/C16H14N2O5S/c19-15(17-12-7-8-24-16(12)20)9-23-14-6-5-13(18(21)22)10-3-1-2-4-11(10)14/h1-6,12H,7-9H2,(H,17,19). The number of ether oxygens (including phenoxy) is 1. The number of nitro groups is 1. The van der Waals surface area contributed by atoms with Crippen LogP contribution in [0.2, 0.25) is 0 Å². The number of nitrogens with zero attached hydrogens (tertiary/aromatic N) is 1. The molecule has 1 aliphatic heterocycles. The van der Waals surface area contributed by atoms with Crippen LogP contribution in [0, 0.1) is 10.1 Å². The first-order valence-electron chi connectivity index (χ1n) is 7.31. The Hall–Kier alpha value is -2.61. The van der Waals surface area contributed by atoms with E-state index in [1.807, 2.05) is 0 Å². The van der Waals surface area contributed by atoms with Gasteiger partial charge in [-0.3, -0.25) is 19.7 Å². The summed E-state index contributed by atoms with van der Waals surface area (Å²) in [6, 6.07) is 9.15. The van der Waals surface area contributed by atoms with E-state index < -0.39 is 16.9 Å². The number of fused-ring (bicyclic) bond motifs is 1. The highest BCUT2D eigenvalue weighted by molar-refractivity contribution is 8.14. The molecule has 0 radical (unpaired) electrons. The average Bonchev–Trinajstić information content (AvgIpc) is 2.97. The number of amides is 1. The molecule has 2 aromatic rings. The van der Waals surface area contributed by atoms with Crippen LogP contribution in [0.1, 0.15) is 6.42 Å². The van der Waals surface area contributed by atoms with E-state index in [9.17, 15) is 19.7 Å². The lowest BCUT2D eigenvalue weighted by molar-refractivity contribution is -0.383. The highest BCUT2D eigenvalue weighted by Crippen LogP contribution is 2.32. The molecule has 24 heavy (non-hydrogen) atoms. The Balaban J connectivity index is 1.73. The van der Waals surface area contributed by atoms with E-state index in [0.717, 1.165) is 0 Å². The molecule has 0 spiro atoms. The molecule has 0 aromatic heterocycles. The number of nitrogens with one attached hydrogen (secondary N) is 1. The van der Waals surface area contributed by atoms with E-state index in [4.69, 9.17) is 4.74 Å². The quantitative estimate of drug-likeness (QED) is 0.659. The molecule has 0 aliphatic carbocycles. The summed E-state index contributed by atoms with van der Waals surface area (Å²) in [6.07, 6.45) is 0.621. The van der Waals surface area contributed by atoms with E-state index in [-0.39, 0.29) is 17.4 Å². The second-order valence-electron chi connectivity index (χ2n) is 5.25. The van der Waals surface area contributed by atoms with E-state index in [0.29, 0.717) is 28.7 Å². The van der Waals surface area contributed by atoms with Gasteiger partial charge in [-0.15, -0.1) is 0 Å². The maximum absolute atomic E-state index is 11.9. The molecule has 1 fully saturated rings. The lowest BCUT2D eigenvalue weighted by Gasteiger charge is -2.12. The third-order valence-corrected chi connectivity index (χ3v) is 4.70. The number of carbonyl (C=O) groups excluding carboxylic acids is 2. The van der Waals surface area contributed by atoms with Gasteiger partial charge in [0, 0.05) is 17.2 Å². The summed E-state index contributed by atoms with van der Waals surface area (Å²) in [6.45, 7) is -0.254. The van der Waals surface area contributed by atoms with Gasteiger partial charge in [0.15, 0.2) is 6.61 Å². The molecule has 0 bridgehead atoms. The van der Waals surface area contributed by atoms with Crippen LogP contribution in [0.25, 0.3) is 10.8 Å². The van der Waals surface area contributed by atoms with Crippen molar-refractivity contribution >= 4 is 39.2 Å². The van der Waals surface area contributed by atoms with Crippen LogP contribution >= 0.6 is 11.8 Å². The highest BCUT2D eigenvalue weighted by atomic mass is 32.2. The average molecular weight is 346 g/mol. The number of rotatable bonds is 5. The van der Waals surface area contributed by atoms with Crippen LogP contribution in [0.15, 0.2) is 36.4 Å². The molecule has 1 unspecified atom stereocenters. The molecule has 1 atom stereocenters. The predicted octanol–water partition coefficient (Wildman–Crippen LogP) is 2.28. The van der Waals surface area contributed by atoms with Crippen LogP contribution < -0.4 is 10.1 Å². The van der Waals surface area contributed by atoms with Crippen molar-refractivity contribution < 1.29 is 19.2 Å². The minimum atomic E-state index is -0.459. The summed E-state index contributed by atoms with van der Waals surface area (Å²) in [5.41, 5.74) is -0.0176. The number of carbonyl (C=O) groups is 2. The molecule has 124 valence electrons. The Morgan fingerprint density at radius 1 is 1.29 bits per heavy atom. The molecule has 1 aliphatic rings. The molecule has 7 nitrogen and oxygen atoms in total. The Bertz CT molecular complexity index is 823. The third kappa shape index (κ3) is 3.33. The number of hydrogen-bond acceptors (Lipinski definition) is 6. The lowest BCUT2D eigenvalue weighted by atomic mass is 10.1. The van der Waals surface area contributed by atoms with Crippen LogP contribution in [0.5, 0.6) is 5.75 Å². The summed E-state index contributed by atoms with van der Waals surface area (Å²) in [5.74, 6) is 0.703. The Morgan fingerprint density at radius 3 is 2.71 bits per heavy atom. The Labute approximate surface area is 141 Å². The predicted molar refractivity (Wildman–Crippen MR) is 90.1 cm³/mol. The zero-order valence-electron chi connectivity index (χ0n) is 12.6. The number of hydrogen-bond donors (Lipinski definition) is 1. The van der Waals surface area contributed by atoms with Crippen LogP contribution in [-0.2, 0) is 9.59 Å². The normalized spacial score (nSPS) is 17.0. The second kappa shape index (κ2) is 6.88. The molecule has 1 N–H and O–H groups in total. The van der Waals surface area contributed by atoms with Gasteiger partial charge >= 0.3 is 0 Å². The van der Waals surface area contributed by atoms with Gasteiger partial charge in [-0.2, -0.15) is 0 Å². The van der Waals surface area contributed by atoms with Crippen molar-refractivity contribution in [2.45, 2.75) is 12.5 Å². The van der Waals surface area contributed by atoms with Gasteiger partial charge in [-0.25, -0.2) is 0 Å². The molecule has 1 heterocycles. The summed E-state index contributed by atoms with van der Waals surface area (Å²) in [7, 11) is 0. The van der Waals surface area contributed by atoms with E-state index in [2.05, 4.69) is 5.32 Å². The maximum Gasteiger partial charge on any atom is 0.277 e. The molecular weight excluding hydrogens is 332 g/mol. The fraction of sp³-hybridized carbons (Fsp3) is 0.250. The largest absolute Gasteiger partial charge is 0.483 e. The smallest absolute Gasteiger partial charge is 0.277 e. The molecular formula is C16H14N2O5S. The third-order valence-electron chi connectivity index (χ3n) is 3.69. The monoisotopic (exact) mass is 346 g/mol. The highest BCUT2D eigenvalue weighted by Gasteiger charge is 2.26. The maximum atomic E-state index is 11.9. The number of nitro benzene ring substituents is 1. The second-order valence-corrected chi connectivity index (χ2v) is 6.35. The summed E-state index contributed by atoms with van der Waals surface area (Å²) >= 11 is 1.21. The van der Waals surface area contributed by atoms with Gasteiger partial charge in [-0.05, 0) is 18.6 Å². The minimum Gasteiger partial charge on any atom is -0.483 e. The van der Waals surface area contributed by atoms with E-state index in [1.165, 1.54) is 23.9 Å². The number of thioether (sulfide) groups is 1. The number of non-ortho nitro benzene ring substituents is 1. The van der Waals surface area contributed by atoms with Gasteiger partial charge < -0.3 is 10.1 Å². The Morgan fingerprint density at radius 2 is 2.04 bits per heavy atom. The van der Waals surface area contributed by atoms with Crippen molar-refractivity contribution in [1.29, 1.82) is 0 Å². The zero-order chi connectivity index (χ0) is 17.1. The molecule has 0 saturated carbocycles. The van der Waals surface area contributed by atoms with Gasteiger partial charge in [-0.1, -0.05) is 30.0 Å². The van der Waals surface area contributed by atoms with E-state index in [1.54, 1.807) is 24.3 Å². The topological polar surface area (TPSA) is 98.5 Å².